The molecule has 0 unspecified atom stereocenters. The second-order valence-corrected chi connectivity index (χ2v) is 5.90. The lowest BCUT2D eigenvalue weighted by Gasteiger charge is -2.36. The quantitative estimate of drug-likeness (QED) is 0.883. The van der Waals surface area contributed by atoms with Gasteiger partial charge in [0.1, 0.15) is 4.99 Å². The van der Waals surface area contributed by atoms with Gasteiger partial charge in [0, 0.05) is 42.8 Å². The van der Waals surface area contributed by atoms with Crippen molar-refractivity contribution in [3.63, 3.8) is 0 Å². The molecule has 0 radical (unpaired) electrons. The molecule has 1 fully saturated rings. The standard InChI is InChI=1S/C17H21N3S/c1-2-19-9-11-20(12-10-19)16-8-7-15(17(18)21)13-5-3-4-6-14(13)16/h3-8H,2,9-12H2,1H3,(H2,18,21). The molecule has 0 atom stereocenters. The molecule has 0 spiro atoms. The van der Waals surface area contributed by atoms with Crippen LogP contribution in [0.1, 0.15) is 12.5 Å². The molecule has 0 aromatic heterocycles. The third-order valence-electron chi connectivity index (χ3n) is 4.33. The first-order valence-corrected chi connectivity index (χ1v) is 7.90. The van der Waals surface area contributed by atoms with Crippen molar-refractivity contribution in [3.05, 3.63) is 42.0 Å². The van der Waals surface area contributed by atoms with E-state index >= 15 is 0 Å². The molecule has 3 rings (SSSR count). The van der Waals surface area contributed by atoms with Gasteiger partial charge in [-0.25, -0.2) is 0 Å². The smallest absolute Gasteiger partial charge is 0.104 e. The number of hydrogen-bond acceptors (Lipinski definition) is 3. The lowest BCUT2D eigenvalue weighted by molar-refractivity contribution is 0.271. The summed E-state index contributed by atoms with van der Waals surface area (Å²) in [6, 6.07) is 12.6. The van der Waals surface area contributed by atoms with Crippen LogP contribution in [0.3, 0.4) is 0 Å². The van der Waals surface area contributed by atoms with E-state index in [0.717, 1.165) is 43.7 Å². The van der Waals surface area contributed by atoms with E-state index in [1.54, 1.807) is 0 Å². The average molecular weight is 299 g/mol. The fourth-order valence-corrected chi connectivity index (χ4v) is 3.26. The van der Waals surface area contributed by atoms with Crippen LogP contribution in [-0.2, 0) is 0 Å². The largest absolute Gasteiger partial charge is 0.389 e. The Labute approximate surface area is 131 Å². The van der Waals surface area contributed by atoms with Crippen molar-refractivity contribution < 1.29 is 0 Å². The summed E-state index contributed by atoms with van der Waals surface area (Å²) in [5.41, 5.74) is 8.12. The van der Waals surface area contributed by atoms with Crippen LogP contribution >= 0.6 is 12.2 Å². The first-order chi connectivity index (χ1) is 10.2. The molecular formula is C17H21N3S. The first-order valence-electron chi connectivity index (χ1n) is 7.49. The molecule has 1 aliphatic rings. The third-order valence-corrected chi connectivity index (χ3v) is 4.55. The summed E-state index contributed by atoms with van der Waals surface area (Å²) in [6.07, 6.45) is 0. The van der Waals surface area contributed by atoms with Crippen molar-refractivity contribution in [3.8, 4) is 0 Å². The van der Waals surface area contributed by atoms with Crippen LogP contribution in [0.25, 0.3) is 10.8 Å². The summed E-state index contributed by atoms with van der Waals surface area (Å²) in [5, 5.41) is 2.40. The highest BCUT2D eigenvalue weighted by atomic mass is 32.1. The zero-order valence-electron chi connectivity index (χ0n) is 12.4. The Kier molecular flexibility index (Phi) is 4.08. The number of likely N-dealkylation sites (N-methyl/N-ethyl adjacent to an activating group) is 1. The van der Waals surface area contributed by atoms with Gasteiger partial charge in [0.05, 0.1) is 0 Å². The van der Waals surface area contributed by atoms with Gasteiger partial charge in [0.15, 0.2) is 0 Å². The van der Waals surface area contributed by atoms with Crippen molar-refractivity contribution in [2.24, 2.45) is 5.73 Å². The molecule has 2 N–H and O–H groups in total. The molecular weight excluding hydrogens is 278 g/mol. The molecule has 0 amide bonds. The van der Waals surface area contributed by atoms with Crippen LogP contribution in [-0.4, -0.2) is 42.6 Å². The van der Waals surface area contributed by atoms with Crippen LogP contribution in [0.2, 0.25) is 0 Å². The highest BCUT2D eigenvalue weighted by Crippen LogP contribution is 2.30. The average Bonchev–Trinajstić information content (AvgIpc) is 2.54. The SMILES string of the molecule is CCN1CCN(c2ccc(C(N)=S)c3ccccc23)CC1. The van der Waals surface area contributed by atoms with Gasteiger partial charge in [0.25, 0.3) is 0 Å². The number of piperazine rings is 1. The lowest BCUT2D eigenvalue weighted by atomic mass is 10.0. The number of benzene rings is 2. The van der Waals surface area contributed by atoms with Gasteiger partial charge in [-0.1, -0.05) is 43.4 Å². The highest BCUT2D eigenvalue weighted by Gasteiger charge is 2.18. The van der Waals surface area contributed by atoms with Gasteiger partial charge in [-0.3, -0.25) is 0 Å². The molecule has 0 aliphatic carbocycles. The first kappa shape index (κ1) is 14.3. The number of nitrogens with two attached hydrogens (primary N) is 1. The molecule has 4 heteroatoms. The molecule has 0 bridgehead atoms. The van der Waals surface area contributed by atoms with Crippen LogP contribution in [0.5, 0.6) is 0 Å². The predicted molar refractivity (Wildman–Crippen MR) is 94.2 cm³/mol. The number of hydrogen-bond donors (Lipinski definition) is 1. The summed E-state index contributed by atoms with van der Waals surface area (Å²) < 4.78 is 0. The fraction of sp³-hybridized carbons (Fsp3) is 0.353. The summed E-state index contributed by atoms with van der Waals surface area (Å²) in [4.78, 5) is 5.42. The molecule has 1 aliphatic heterocycles. The Hall–Kier alpha value is -1.65. The van der Waals surface area contributed by atoms with Crippen molar-refractivity contribution in [2.45, 2.75) is 6.92 Å². The molecule has 1 saturated heterocycles. The predicted octanol–water partition coefficient (Wildman–Crippen LogP) is 2.62. The summed E-state index contributed by atoms with van der Waals surface area (Å²) in [6.45, 7) is 7.76. The second kappa shape index (κ2) is 6.00. The topological polar surface area (TPSA) is 32.5 Å². The van der Waals surface area contributed by atoms with E-state index in [-0.39, 0.29) is 0 Å². The Bertz CT molecular complexity index is 660. The van der Waals surface area contributed by atoms with Crippen molar-refractivity contribution in [1.82, 2.24) is 4.90 Å². The van der Waals surface area contributed by atoms with Crippen LogP contribution in [0.4, 0.5) is 5.69 Å². The molecule has 0 saturated carbocycles. The Morgan fingerprint density at radius 3 is 2.33 bits per heavy atom. The summed E-state index contributed by atoms with van der Waals surface area (Å²) in [5.74, 6) is 0. The number of thiocarbonyl (C=S) groups is 1. The number of fused-ring (bicyclic) bond motifs is 1. The Morgan fingerprint density at radius 2 is 1.71 bits per heavy atom. The maximum Gasteiger partial charge on any atom is 0.104 e. The normalized spacial score (nSPS) is 16.3. The molecule has 21 heavy (non-hydrogen) atoms. The monoisotopic (exact) mass is 299 g/mol. The zero-order chi connectivity index (χ0) is 14.8. The maximum absolute atomic E-state index is 5.86. The van der Waals surface area contributed by atoms with E-state index in [0.29, 0.717) is 4.99 Å². The van der Waals surface area contributed by atoms with Crippen LogP contribution in [0.15, 0.2) is 36.4 Å². The minimum atomic E-state index is 0.466. The van der Waals surface area contributed by atoms with Gasteiger partial charge in [-0.05, 0) is 24.1 Å². The van der Waals surface area contributed by atoms with E-state index in [2.05, 4.69) is 47.1 Å². The Morgan fingerprint density at radius 1 is 1.05 bits per heavy atom. The van der Waals surface area contributed by atoms with Gasteiger partial charge in [-0.2, -0.15) is 0 Å². The van der Waals surface area contributed by atoms with Gasteiger partial charge >= 0.3 is 0 Å². The second-order valence-electron chi connectivity index (χ2n) is 5.46. The lowest BCUT2D eigenvalue weighted by Crippen LogP contribution is -2.46. The molecule has 2 aromatic carbocycles. The zero-order valence-corrected chi connectivity index (χ0v) is 13.2. The van der Waals surface area contributed by atoms with E-state index < -0.39 is 0 Å². The molecule has 3 nitrogen and oxygen atoms in total. The minimum absolute atomic E-state index is 0.466. The van der Waals surface area contributed by atoms with E-state index in [9.17, 15) is 0 Å². The van der Waals surface area contributed by atoms with Crippen LogP contribution in [0, 0.1) is 0 Å². The third kappa shape index (κ3) is 2.74. The fourth-order valence-electron chi connectivity index (χ4n) is 3.08. The molecule has 110 valence electrons. The van der Waals surface area contributed by atoms with Gasteiger partial charge in [-0.15, -0.1) is 0 Å². The summed E-state index contributed by atoms with van der Waals surface area (Å²) in [7, 11) is 0. The van der Waals surface area contributed by atoms with Crippen molar-refractivity contribution in [2.75, 3.05) is 37.6 Å². The van der Waals surface area contributed by atoms with Crippen molar-refractivity contribution >= 4 is 33.7 Å². The molecule has 1 heterocycles. The maximum atomic E-state index is 5.86. The van der Waals surface area contributed by atoms with Crippen LogP contribution < -0.4 is 10.6 Å². The van der Waals surface area contributed by atoms with Crippen molar-refractivity contribution in [1.29, 1.82) is 0 Å². The van der Waals surface area contributed by atoms with Gasteiger partial charge < -0.3 is 15.5 Å². The minimum Gasteiger partial charge on any atom is -0.389 e. The number of anilines is 1. The van der Waals surface area contributed by atoms with E-state index in [4.69, 9.17) is 18.0 Å². The Balaban J connectivity index is 2.00. The molecule has 2 aromatic rings. The number of rotatable bonds is 3. The number of nitrogens with zero attached hydrogens (tertiary/aromatic N) is 2. The van der Waals surface area contributed by atoms with E-state index in [1.807, 2.05) is 6.07 Å². The summed E-state index contributed by atoms with van der Waals surface area (Å²) >= 11 is 5.18. The highest BCUT2D eigenvalue weighted by molar-refractivity contribution is 7.80. The van der Waals surface area contributed by atoms with E-state index in [1.165, 1.54) is 11.1 Å². The van der Waals surface area contributed by atoms with Gasteiger partial charge in [0.2, 0.25) is 0 Å².